The quantitative estimate of drug-likeness (QED) is 0.795. The van der Waals surface area contributed by atoms with E-state index in [-0.39, 0.29) is 11.7 Å². The monoisotopic (exact) mass is 371 g/mol. The number of hydrogen-bond donors (Lipinski definition) is 0. The average molecular weight is 371 g/mol. The number of carbonyl (C=O) groups is 1. The van der Waals surface area contributed by atoms with Crippen LogP contribution >= 0.6 is 0 Å². The molecule has 27 heavy (non-hydrogen) atoms. The van der Waals surface area contributed by atoms with Gasteiger partial charge in [0.2, 0.25) is 11.7 Å². The third kappa shape index (κ3) is 4.50. The summed E-state index contributed by atoms with van der Waals surface area (Å²) in [5.41, 5.74) is 0. The first kappa shape index (κ1) is 18.0. The van der Waals surface area contributed by atoms with Gasteiger partial charge in [0.25, 0.3) is 5.91 Å². The molecule has 4 heterocycles. The van der Waals surface area contributed by atoms with Crippen LogP contribution in [0.5, 0.6) is 0 Å². The van der Waals surface area contributed by atoms with E-state index in [4.69, 9.17) is 9.26 Å². The van der Waals surface area contributed by atoms with Crippen molar-refractivity contribution < 1.29 is 14.1 Å². The third-order valence-electron chi connectivity index (χ3n) is 5.50. The van der Waals surface area contributed by atoms with Crippen molar-refractivity contribution in [3.63, 3.8) is 0 Å². The maximum Gasteiger partial charge on any atom is 0.291 e. The zero-order valence-corrected chi connectivity index (χ0v) is 15.4. The fourth-order valence-corrected chi connectivity index (χ4v) is 3.79. The Bertz CT molecular complexity index is 737. The SMILES string of the molecule is O=C(c1ncccn1)N1CCC(CCc2nc(C3CCOCC3)no2)CC1. The van der Waals surface area contributed by atoms with Crippen LogP contribution in [0.25, 0.3) is 0 Å². The van der Waals surface area contributed by atoms with Gasteiger partial charge < -0.3 is 14.2 Å². The molecule has 0 N–H and O–H groups in total. The molecule has 8 heteroatoms. The summed E-state index contributed by atoms with van der Waals surface area (Å²) in [5, 5.41) is 4.16. The fraction of sp³-hybridized carbons (Fsp3) is 0.632. The minimum Gasteiger partial charge on any atom is -0.381 e. The van der Waals surface area contributed by atoms with Gasteiger partial charge in [-0.05, 0) is 44.1 Å². The van der Waals surface area contributed by atoms with Crippen LogP contribution < -0.4 is 0 Å². The average Bonchev–Trinajstić information content (AvgIpc) is 3.22. The molecule has 0 spiro atoms. The van der Waals surface area contributed by atoms with Crippen LogP contribution in [0.1, 0.15) is 60.4 Å². The van der Waals surface area contributed by atoms with Gasteiger partial charge in [-0.2, -0.15) is 4.98 Å². The molecule has 2 aliphatic rings. The van der Waals surface area contributed by atoms with Gasteiger partial charge in [-0.25, -0.2) is 9.97 Å². The summed E-state index contributed by atoms with van der Waals surface area (Å²) in [4.78, 5) is 26.9. The van der Waals surface area contributed by atoms with Gasteiger partial charge >= 0.3 is 0 Å². The van der Waals surface area contributed by atoms with Crippen molar-refractivity contribution in [3.8, 4) is 0 Å². The maximum absolute atomic E-state index is 12.4. The number of nitrogens with zero attached hydrogens (tertiary/aromatic N) is 5. The standard InChI is InChI=1S/C19H25N5O3/c25-19(18-20-8-1-9-21-18)24-10-4-14(5-11-24)2-3-16-22-17(23-27-16)15-6-12-26-13-7-15/h1,8-9,14-15H,2-7,10-13H2. The Hall–Kier alpha value is -2.35. The molecule has 144 valence electrons. The Morgan fingerprint density at radius 3 is 2.59 bits per heavy atom. The van der Waals surface area contributed by atoms with E-state index < -0.39 is 0 Å². The minimum absolute atomic E-state index is 0.0768. The molecule has 0 bridgehead atoms. The lowest BCUT2D eigenvalue weighted by Crippen LogP contribution is -2.39. The Kier molecular flexibility index (Phi) is 5.72. The number of aromatic nitrogens is 4. The van der Waals surface area contributed by atoms with Crippen molar-refractivity contribution in [2.75, 3.05) is 26.3 Å². The van der Waals surface area contributed by atoms with E-state index in [1.165, 1.54) is 0 Å². The Balaban J connectivity index is 1.23. The number of hydrogen-bond acceptors (Lipinski definition) is 7. The van der Waals surface area contributed by atoms with E-state index in [1.54, 1.807) is 18.5 Å². The van der Waals surface area contributed by atoms with Gasteiger partial charge in [0.05, 0.1) is 0 Å². The van der Waals surface area contributed by atoms with Gasteiger partial charge in [0.1, 0.15) is 0 Å². The molecule has 2 aromatic rings. The summed E-state index contributed by atoms with van der Waals surface area (Å²) >= 11 is 0. The lowest BCUT2D eigenvalue weighted by Gasteiger charge is -2.31. The van der Waals surface area contributed by atoms with Crippen molar-refractivity contribution in [3.05, 3.63) is 36.0 Å². The number of ether oxygens (including phenoxy) is 1. The molecule has 2 saturated heterocycles. The van der Waals surface area contributed by atoms with Crippen molar-refractivity contribution in [1.82, 2.24) is 25.0 Å². The van der Waals surface area contributed by atoms with E-state index in [9.17, 15) is 4.79 Å². The molecule has 0 atom stereocenters. The lowest BCUT2D eigenvalue weighted by molar-refractivity contribution is 0.0673. The zero-order valence-electron chi connectivity index (χ0n) is 15.4. The van der Waals surface area contributed by atoms with Crippen molar-refractivity contribution in [2.45, 2.75) is 44.4 Å². The second-order valence-corrected chi connectivity index (χ2v) is 7.28. The maximum atomic E-state index is 12.4. The van der Waals surface area contributed by atoms with Crippen molar-refractivity contribution in [1.29, 1.82) is 0 Å². The molecule has 4 rings (SSSR count). The van der Waals surface area contributed by atoms with Gasteiger partial charge in [-0.1, -0.05) is 5.16 Å². The molecule has 2 aromatic heterocycles. The van der Waals surface area contributed by atoms with Gasteiger partial charge in [-0.3, -0.25) is 4.79 Å². The first-order valence-corrected chi connectivity index (χ1v) is 9.76. The van der Waals surface area contributed by atoms with Crippen LogP contribution in [0.4, 0.5) is 0 Å². The summed E-state index contributed by atoms with van der Waals surface area (Å²) in [6.07, 6.45) is 8.93. The number of piperidine rings is 1. The second-order valence-electron chi connectivity index (χ2n) is 7.28. The number of carbonyl (C=O) groups excluding carboxylic acids is 1. The minimum atomic E-state index is -0.0768. The van der Waals surface area contributed by atoms with E-state index >= 15 is 0 Å². The summed E-state index contributed by atoms with van der Waals surface area (Å²) in [7, 11) is 0. The summed E-state index contributed by atoms with van der Waals surface area (Å²) < 4.78 is 10.8. The third-order valence-corrected chi connectivity index (χ3v) is 5.50. The van der Waals surface area contributed by atoms with Crippen LogP contribution in [0.2, 0.25) is 0 Å². The predicted molar refractivity (Wildman–Crippen MR) is 96.1 cm³/mol. The Labute approximate surface area is 158 Å². The molecule has 0 aromatic carbocycles. The molecule has 0 radical (unpaired) electrons. The summed E-state index contributed by atoms with van der Waals surface area (Å²) in [5.74, 6) is 2.70. The van der Waals surface area contributed by atoms with Crippen molar-refractivity contribution in [2.24, 2.45) is 5.92 Å². The molecular formula is C19H25N5O3. The zero-order chi connectivity index (χ0) is 18.5. The molecule has 2 aliphatic heterocycles. The molecule has 0 unspecified atom stereocenters. The van der Waals surface area contributed by atoms with Gasteiger partial charge in [-0.15, -0.1) is 0 Å². The fourth-order valence-electron chi connectivity index (χ4n) is 3.79. The highest BCUT2D eigenvalue weighted by Gasteiger charge is 2.26. The van der Waals surface area contributed by atoms with Crippen molar-refractivity contribution >= 4 is 5.91 Å². The Morgan fingerprint density at radius 1 is 1.11 bits per heavy atom. The predicted octanol–water partition coefficient (Wildman–Crippen LogP) is 2.24. The number of amides is 1. The van der Waals surface area contributed by atoms with Crippen LogP contribution in [0.3, 0.4) is 0 Å². The first-order chi connectivity index (χ1) is 13.3. The molecule has 0 aliphatic carbocycles. The lowest BCUT2D eigenvalue weighted by atomic mass is 9.92. The summed E-state index contributed by atoms with van der Waals surface area (Å²) in [6, 6.07) is 1.72. The molecule has 1 amide bonds. The largest absolute Gasteiger partial charge is 0.381 e. The van der Waals surface area contributed by atoms with Gasteiger partial charge in [0.15, 0.2) is 5.82 Å². The van der Waals surface area contributed by atoms with E-state index in [2.05, 4.69) is 20.1 Å². The number of rotatable bonds is 5. The van der Waals surface area contributed by atoms with Crippen LogP contribution in [0.15, 0.2) is 23.0 Å². The van der Waals surface area contributed by atoms with E-state index in [1.807, 2.05) is 4.90 Å². The smallest absolute Gasteiger partial charge is 0.291 e. The van der Waals surface area contributed by atoms with Gasteiger partial charge in [0, 0.05) is 51.0 Å². The summed E-state index contributed by atoms with van der Waals surface area (Å²) in [6.45, 7) is 3.05. The highest BCUT2D eigenvalue weighted by atomic mass is 16.5. The molecule has 2 fully saturated rings. The molecule has 0 saturated carbocycles. The number of likely N-dealkylation sites (tertiary alicyclic amines) is 1. The topological polar surface area (TPSA) is 94.2 Å². The Morgan fingerprint density at radius 2 is 1.85 bits per heavy atom. The highest BCUT2D eigenvalue weighted by Crippen LogP contribution is 2.26. The first-order valence-electron chi connectivity index (χ1n) is 9.76. The molecule has 8 nitrogen and oxygen atoms in total. The van der Waals surface area contributed by atoms with Crippen LogP contribution in [-0.2, 0) is 11.2 Å². The number of aryl methyl sites for hydroxylation is 1. The highest BCUT2D eigenvalue weighted by molar-refractivity contribution is 5.90. The van der Waals surface area contributed by atoms with E-state index in [0.29, 0.717) is 11.8 Å². The normalized spacial score (nSPS) is 19.3. The van der Waals surface area contributed by atoms with Crippen LogP contribution in [0, 0.1) is 5.92 Å². The van der Waals surface area contributed by atoms with E-state index in [0.717, 1.165) is 76.5 Å². The molecular weight excluding hydrogens is 346 g/mol. The van der Waals surface area contributed by atoms with Crippen LogP contribution in [-0.4, -0.2) is 57.2 Å². The second kappa shape index (κ2) is 8.56.